The van der Waals surface area contributed by atoms with E-state index in [0.717, 1.165) is 0 Å². The topological polar surface area (TPSA) is 83.9 Å². The summed E-state index contributed by atoms with van der Waals surface area (Å²) < 4.78 is 31.0. The molecule has 1 saturated heterocycles. The number of hydrogen-bond acceptors (Lipinski definition) is 4. The number of nitrogens with zero attached hydrogens (tertiary/aromatic N) is 1. The van der Waals surface area contributed by atoms with Gasteiger partial charge in [-0.25, -0.2) is 13.2 Å². The van der Waals surface area contributed by atoms with Crippen LogP contribution in [0.4, 0.5) is 0 Å². The summed E-state index contributed by atoms with van der Waals surface area (Å²) >= 11 is 0. The first-order valence-corrected chi connectivity index (χ1v) is 6.87. The Hall–Kier alpha value is -1.44. The Balaban J connectivity index is 2.43. The molecule has 1 aromatic rings. The Labute approximate surface area is 105 Å². The van der Waals surface area contributed by atoms with Crippen LogP contribution in [-0.2, 0) is 14.8 Å². The van der Waals surface area contributed by atoms with Gasteiger partial charge < -0.3 is 9.84 Å². The van der Waals surface area contributed by atoms with Gasteiger partial charge in [0.1, 0.15) is 0 Å². The van der Waals surface area contributed by atoms with Gasteiger partial charge in [-0.3, -0.25) is 0 Å². The number of rotatable bonds is 3. The minimum Gasteiger partial charge on any atom is -0.478 e. The number of hydrogen-bond donors (Lipinski definition) is 1. The molecule has 0 unspecified atom stereocenters. The monoisotopic (exact) mass is 271 g/mol. The Bertz CT molecular complexity index is 548. The van der Waals surface area contributed by atoms with Gasteiger partial charge in [-0.1, -0.05) is 12.1 Å². The van der Waals surface area contributed by atoms with Crippen molar-refractivity contribution in [1.82, 2.24) is 4.31 Å². The summed E-state index contributed by atoms with van der Waals surface area (Å²) in [6.45, 7) is 1.15. The standard InChI is InChI=1S/C11H13NO5S/c13-11(14)9-3-1-2-4-10(9)18(15,16)12-5-7-17-8-6-12/h1-4H,5-8H2,(H,13,14). The molecule has 6 nitrogen and oxygen atoms in total. The number of sulfonamides is 1. The Kier molecular flexibility index (Phi) is 3.65. The maximum Gasteiger partial charge on any atom is 0.337 e. The summed E-state index contributed by atoms with van der Waals surface area (Å²) in [7, 11) is -3.77. The molecular weight excluding hydrogens is 258 g/mol. The second kappa shape index (κ2) is 5.05. The quantitative estimate of drug-likeness (QED) is 0.860. The van der Waals surface area contributed by atoms with Crippen molar-refractivity contribution in [2.75, 3.05) is 26.3 Å². The second-order valence-corrected chi connectivity index (χ2v) is 5.72. The third-order valence-electron chi connectivity index (χ3n) is 2.71. The third-order valence-corrected chi connectivity index (χ3v) is 4.66. The fourth-order valence-corrected chi connectivity index (χ4v) is 3.39. The lowest BCUT2D eigenvalue weighted by molar-refractivity contribution is 0.0688. The fourth-order valence-electron chi connectivity index (χ4n) is 1.79. The zero-order valence-corrected chi connectivity index (χ0v) is 10.4. The number of carboxylic acid groups (broad SMARTS) is 1. The van der Waals surface area contributed by atoms with E-state index in [-0.39, 0.29) is 23.5 Å². The van der Waals surface area contributed by atoms with E-state index in [1.807, 2.05) is 0 Å². The maximum absolute atomic E-state index is 12.3. The third kappa shape index (κ3) is 2.38. The molecule has 18 heavy (non-hydrogen) atoms. The summed E-state index contributed by atoms with van der Waals surface area (Å²) in [5.41, 5.74) is -0.205. The summed E-state index contributed by atoms with van der Waals surface area (Å²) in [5.74, 6) is -1.25. The number of carboxylic acids is 1. The van der Waals surface area contributed by atoms with Crippen LogP contribution in [0.1, 0.15) is 10.4 Å². The first kappa shape index (κ1) is 13.0. The molecule has 0 radical (unpaired) electrons. The van der Waals surface area contributed by atoms with Crippen LogP contribution in [0, 0.1) is 0 Å². The molecule has 1 fully saturated rings. The highest BCUT2D eigenvalue weighted by molar-refractivity contribution is 7.89. The van der Waals surface area contributed by atoms with E-state index < -0.39 is 16.0 Å². The zero-order valence-electron chi connectivity index (χ0n) is 9.57. The van der Waals surface area contributed by atoms with Crippen molar-refractivity contribution in [2.45, 2.75) is 4.90 Å². The van der Waals surface area contributed by atoms with E-state index in [2.05, 4.69) is 0 Å². The van der Waals surface area contributed by atoms with Crippen LogP contribution in [0.5, 0.6) is 0 Å². The van der Waals surface area contributed by atoms with Gasteiger partial charge in [0.15, 0.2) is 0 Å². The van der Waals surface area contributed by atoms with Crippen LogP contribution in [-0.4, -0.2) is 50.1 Å². The number of morpholine rings is 1. The Morgan fingerprint density at radius 2 is 1.83 bits per heavy atom. The van der Waals surface area contributed by atoms with Crippen molar-refractivity contribution in [2.24, 2.45) is 0 Å². The molecule has 0 saturated carbocycles. The highest BCUT2D eigenvalue weighted by Gasteiger charge is 2.29. The molecule has 1 aromatic carbocycles. The van der Waals surface area contributed by atoms with Gasteiger partial charge in [0.25, 0.3) is 0 Å². The zero-order chi connectivity index (χ0) is 13.2. The van der Waals surface area contributed by atoms with Crippen molar-refractivity contribution in [1.29, 1.82) is 0 Å². The van der Waals surface area contributed by atoms with Crippen molar-refractivity contribution in [3.63, 3.8) is 0 Å². The van der Waals surface area contributed by atoms with E-state index in [1.165, 1.54) is 28.6 Å². The molecule has 0 aromatic heterocycles. The SMILES string of the molecule is O=C(O)c1ccccc1S(=O)(=O)N1CCOCC1. The number of ether oxygens (including phenoxy) is 1. The average Bonchev–Trinajstić information content (AvgIpc) is 2.39. The molecule has 1 aliphatic heterocycles. The lowest BCUT2D eigenvalue weighted by Crippen LogP contribution is -2.41. The summed E-state index contributed by atoms with van der Waals surface area (Å²) in [4.78, 5) is 10.9. The van der Waals surface area contributed by atoms with Crippen LogP contribution in [0.15, 0.2) is 29.2 Å². The van der Waals surface area contributed by atoms with Crippen molar-refractivity contribution in [3.05, 3.63) is 29.8 Å². The normalized spacial score (nSPS) is 17.6. The van der Waals surface area contributed by atoms with E-state index in [9.17, 15) is 13.2 Å². The van der Waals surface area contributed by atoms with Crippen molar-refractivity contribution < 1.29 is 23.1 Å². The number of aromatic carboxylic acids is 1. The molecule has 7 heteroatoms. The van der Waals surface area contributed by atoms with E-state index >= 15 is 0 Å². The summed E-state index contributed by atoms with van der Waals surface area (Å²) in [5, 5.41) is 9.02. The minimum absolute atomic E-state index is 0.167. The van der Waals surface area contributed by atoms with Gasteiger partial charge in [-0.15, -0.1) is 0 Å². The average molecular weight is 271 g/mol. The van der Waals surface area contributed by atoms with Gasteiger partial charge in [-0.2, -0.15) is 4.31 Å². The predicted molar refractivity (Wildman–Crippen MR) is 63.0 cm³/mol. The highest BCUT2D eigenvalue weighted by atomic mass is 32.2. The fraction of sp³-hybridized carbons (Fsp3) is 0.364. The molecule has 1 heterocycles. The highest BCUT2D eigenvalue weighted by Crippen LogP contribution is 2.21. The Morgan fingerprint density at radius 3 is 2.44 bits per heavy atom. The Morgan fingerprint density at radius 1 is 1.22 bits per heavy atom. The van der Waals surface area contributed by atoms with Crippen LogP contribution in [0.3, 0.4) is 0 Å². The predicted octanol–water partition coefficient (Wildman–Crippen LogP) is 0.406. The smallest absolute Gasteiger partial charge is 0.337 e. The van der Waals surface area contributed by atoms with E-state index in [1.54, 1.807) is 0 Å². The van der Waals surface area contributed by atoms with E-state index in [4.69, 9.17) is 9.84 Å². The number of carbonyl (C=O) groups is 1. The lowest BCUT2D eigenvalue weighted by atomic mass is 10.2. The van der Waals surface area contributed by atoms with Gasteiger partial charge in [-0.05, 0) is 12.1 Å². The lowest BCUT2D eigenvalue weighted by Gasteiger charge is -2.26. The van der Waals surface area contributed by atoms with Gasteiger partial charge in [0.05, 0.1) is 23.7 Å². The molecule has 0 spiro atoms. The largest absolute Gasteiger partial charge is 0.478 e. The summed E-state index contributed by atoms with van der Waals surface area (Å²) in [6.07, 6.45) is 0. The molecule has 2 rings (SSSR count). The van der Waals surface area contributed by atoms with Crippen LogP contribution < -0.4 is 0 Å². The maximum atomic E-state index is 12.3. The van der Waals surface area contributed by atoms with Crippen LogP contribution in [0.25, 0.3) is 0 Å². The number of benzene rings is 1. The molecule has 0 atom stereocenters. The van der Waals surface area contributed by atoms with Crippen molar-refractivity contribution >= 4 is 16.0 Å². The molecule has 0 bridgehead atoms. The van der Waals surface area contributed by atoms with Gasteiger partial charge in [0, 0.05) is 13.1 Å². The van der Waals surface area contributed by atoms with E-state index in [0.29, 0.717) is 13.2 Å². The van der Waals surface area contributed by atoms with Crippen LogP contribution >= 0.6 is 0 Å². The van der Waals surface area contributed by atoms with Gasteiger partial charge in [0.2, 0.25) is 10.0 Å². The first-order chi connectivity index (χ1) is 8.53. The van der Waals surface area contributed by atoms with Crippen LogP contribution in [0.2, 0.25) is 0 Å². The van der Waals surface area contributed by atoms with Crippen molar-refractivity contribution in [3.8, 4) is 0 Å². The molecule has 98 valence electrons. The molecule has 0 amide bonds. The molecular formula is C11H13NO5S. The second-order valence-electron chi connectivity index (χ2n) is 3.82. The molecule has 1 aliphatic rings. The molecule has 0 aliphatic carbocycles. The first-order valence-electron chi connectivity index (χ1n) is 5.43. The minimum atomic E-state index is -3.77. The van der Waals surface area contributed by atoms with Gasteiger partial charge >= 0.3 is 5.97 Å². The summed E-state index contributed by atoms with van der Waals surface area (Å²) in [6, 6.07) is 5.62. The molecule has 1 N–H and O–H groups in total.